The van der Waals surface area contributed by atoms with Crippen molar-refractivity contribution >= 4 is 17.8 Å². The molecular formula is C28H37N3O5. The molecule has 8 heteroatoms. The quantitative estimate of drug-likeness (QED) is 0.233. The van der Waals surface area contributed by atoms with Gasteiger partial charge in [0.25, 0.3) is 5.91 Å². The first-order valence-electron chi connectivity index (χ1n) is 12.4. The van der Waals surface area contributed by atoms with Crippen LogP contribution in [-0.2, 0) is 11.2 Å². The SMILES string of the molecule is CCCC[C@H]1Cc2cc(OC)ccc2[C@H](c2ccc(C(=O)N/C(C)=N/O)cc2)N1C(=O)OC(C)(C)C. The molecule has 0 aromatic heterocycles. The maximum Gasteiger partial charge on any atom is 0.411 e. The van der Waals surface area contributed by atoms with Gasteiger partial charge in [-0.1, -0.05) is 43.1 Å². The van der Waals surface area contributed by atoms with Crippen LogP contribution in [0, 0.1) is 0 Å². The van der Waals surface area contributed by atoms with E-state index in [1.807, 2.05) is 56.0 Å². The van der Waals surface area contributed by atoms with E-state index >= 15 is 0 Å². The zero-order chi connectivity index (χ0) is 26.5. The van der Waals surface area contributed by atoms with Crippen molar-refractivity contribution in [1.82, 2.24) is 10.2 Å². The van der Waals surface area contributed by atoms with Crippen LogP contribution in [0.4, 0.5) is 4.79 Å². The number of carbonyl (C=O) groups is 2. The Morgan fingerprint density at radius 1 is 1.17 bits per heavy atom. The summed E-state index contributed by atoms with van der Waals surface area (Å²) in [6.07, 6.45) is 3.22. The van der Waals surface area contributed by atoms with Gasteiger partial charge in [0.2, 0.25) is 0 Å². The molecule has 0 saturated carbocycles. The summed E-state index contributed by atoms with van der Waals surface area (Å²) < 4.78 is 11.4. The molecule has 0 radical (unpaired) electrons. The molecule has 0 bridgehead atoms. The third-order valence-electron chi connectivity index (χ3n) is 6.20. The van der Waals surface area contributed by atoms with Crippen molar-refractivity contribution in [2.45, 2.75) is 78.0 Å². The number of fused-ring (bicyclic) bond motifs is 1. The molecule has 8 nitrogen and oxygen atoms in total. The van der Waals surface area contributed by atoms with Crippen molar-refractivity contribution in [3.05, 3.63) is 64.7 Å². The Kier molecular flexibility index (Phi) is 8.61. The van der Waals surface area contributed by atoms with E-state index in [1.165, 1.54) is 6.92 Å². The third-order valence-corrected chi connectivity index (χ3v) is 6.20. The zero-order valence-electron chi connectivity index (χ0n) is 22.0. The summed E-state index contributed by atoms with van der Waals surface area (Å²) in [4.78, 5) is 27.9. The van der Waals surface area contributed by atoms with E-state index in [0.717, 1.165) is 41.7 Å². The Hall–Kier alpha value is -3.55. The number of hydrogen-bond acceptors (Lipinski definition) is 6. The summed E-state index contributed by atoms with van der Waals surface area (Å²) in [7, 11) is 1.65. The second-order valence-electron chi connectivity index (χ2n) is 10.1. The second kappa shape index (κ2) is 11.5. The predicted octanol–water partition coefficient (Wildman–Crippen LogP) is 5.67. The van der Waals surface area contributed by atoms with Crippen LogP contribution in [0.1, 0.15) is 87.0 Å². The standard InChI is InChI=1S/C28H37N3O5/c1-7-8-9-22-16-21-17-23(35-6)14-15-24(21)25(31(22)27(33)36-28(3,4)5)19-10-12-20(13-11-19)26(32)29-18(2)30-34/h10-15,17,22,25,34H,7-9,16H2,1-6H3,(H,29,30,32)/t22-,25-/m0/s1. The van der Waals surface area contributed by atoms with Crippen molar-refractivity contribution in [1.29, 1.82) is 0 Å². The first-order chi connectivity index (χ1) is 17.1. The summed E-state index contributed by atoms with van der Waals surface area (Å²) in [6.45, 7) is 9.25. The van der Waals surface area contributed by atoms with Crippen molar-refractivity contribution in [3.63, 3.8) is 0 Å². The molecule has 194 valence electrons. The van der Waals surface area contributed by atoms with Crippen molar-refractivity contribution < 1.29 is 24.3 Å². The van der Waals surface area contributed by atoms with Crippen molar-refractivity contribution in [2.24, 2.45) is 5.16 Å². The van der Waals surface area contributed by atoms with Crippen LogP contribution in [0.5, 0.6) is 5.75 Å². The molecular weight excluding hydrogens is 458 g/mol. The Labute approximate surface area is 213 Å². The van der Waals surface area contributed by atoms with Gasteiger partial charge in [0.15, 0.2) is 0 Å². The Balaban J connectivity index is 2.09. The summed E-state index contributed by atoms with van der Waals surface area (Å²) in [6, 6.07) is 12.7. The fourth-order valence-electron chi connectivity index (χ4n) is 4.53. The molecule has 0 fully saturated rings. The molecule has 36 heavy (non-hydrogen) atoms. The number of rotatable bonds is 6. The number of oxime groups is 1. The van der Waals surface area contributed by atoms with Gasteiger partial charge >= 0.3 is 6.09 Å². The van der Waals surface area contributed by atoms with E-state index in [2.05, 4.69) is 17.4 Å². The first-order valence-corrected chi connectivity index (χ1v) is 12.4. The van der Waals surface area contributed by atoms with E-state index in [9.17, 15) is 9.59 Å². The molecule has 0 aliphatic carbocycles. The summed E-state index contributed by atoms with van der Waals surface area (Å²) in [5.74, 6) is 0.505. The molecule has 3 rings (SSSR count). The zero-order valence-corrected chi connectivity index (χ0v) is 22.0. The van der Waals surface area contributed by atoms with Gasteiger partial charge in [0, 0.05) is 11.6 Å². The van der Waals surface area contributed by atoms with Crippen LogP contribution in [-0.4, -0.2) is 46.7 Å². The van der Waals surface area contributed by atoms with Gasteiger partial charge in [-0.2, -0.15) is 0 Å². The van der Waals surface area contributed by atoms with Gasteiger partial charge in [-0.05, 0) is 81.5 Å². The number of nitrogens with one attached hydrogen (secondary N) is 1. The van der Waals surface area contributed by atoms with Crippen LogP contribution in [0.2, 0.25) is 0 Å². The van der Waals surface area contributed by atoms with Crippen LogP contribution in [0.15, 0.2) is 47.6 Å². The minimum atomic E-state index is -0.634. The monoisotopic (exact) mass is 495 g/mol. The van der Waals surface area contributed by atoms with Gasteiger partial charge in [0.05, 0.1) is 13.2 Å². The minimum absolute atomic E-state index is 0.0456. The van der Waals surface area contributed by atoms with Gasteiger partial charge in [0.1, 0.15) is 17.2 Å². The predicted molar refractivity (Wildman–Crippen MR) is 139 cm³/mol. The first kappa shape index (κ1) is 27.0. The highest BCUT2D eigenvalue weighted by Crippen LogP contribution is 2.41. The molecule has 2 amide bonds. The molecule has 1 aliphatic heterocycles. The lowest BCUT2D eigenvalue weighted by molar-refractivity contribution is 0.00468. The van der Waals surface area contributed by atoms with Crippen LogP contribution < -0.4 is 10.1 Å². The smallest absolute Gasteiger partial charge is 0.411 e. The molecule has 2 N–H and O–H groups in total. The molecule has 2 aromatic rings. The Morgan fingerprint density at radius 3 is 2.44 bits per heavy atom. The number of ether oxygens (including phenoxy) is 2. The Morgan fingerprint density at radius 2 is 1.86 bits per heavy atom. The summed E-state index contributed by atoms with van der Waals surface area (Å²) in [5, 5.41) is 14.3. The van der Waals surface area contributed by atoms with Crippen LogP contribution in [0.25, 0.3) is 0 Å². The van der Waals surface area contributed by atoms with E-state index in [4.69, 9.17) is 14.7 Å². The van der Waals surface area contributed by atoms with Crippen molar-refractivity contribution in [3.8, 4) is 5.75 Å². The highest BCUT2D eigenvalue weighted by atomic mass is 16.6. The Bertz CT molecular complexity index is 1110. The highest BCUT2D eigenvalue weighted by Gasteiger charge is 2.40. The maximum absolute atomic E-state index is 13.6. The minimum Gasteiger partial charge on any atom is -0.497 e. The van der Waals surface area contributed by atoms with Gasteiger partial charge in [-0.3, -0.25) is 9.69 Å². The van der Waals surface area contributed by atoms with Gasteiger partial charge in [-0.25, -0.2) is 4.79 Å². The summed E-state index contributed by atoms with van der Waals surface area (Å²) in [5.41, 5.74) is 2.80. The number of benzene rings is 2. The number of carbonyl (C=O) groups excluding carboxylic acids is 2. The van der Waals surface area contributed by atoms with Gasteiger partial charge < -0.3 is 20.0 Å². The lowest BCUT2D eigenvalue weighted by Crippen LogP contribution is -2.49. The third kappa shape index (κ3) is 6.36. The molecule has 1 aliphatic rings. The number of unbranched alkanes of at least 4 members (excludes halogenated alkanes) is 1. The van der Waals surface area contributed by atoms with Crippen LogP contribution >= 0.6 is 0 Å². The van der Waals surface area contributed by atoms with Crippen molar-refractivity contribution in [2.75, 3.05) is 7.11 Å². The lowest BCUT2D eigenvalue weighted by atomic mass is 9.83. The molecule has 2 aromatic carbocycles. The van der Waals surface area contributed by atoms with E-state index in [-0.39, 0.29) is 29.9 Å². The number of hydrogen-bond donors (Lipinski definition) is 2. The number of nitrogens with zero attached hydrogens (tertiary/aromatic N) is 2. The number of methoxy groups -OCH3 is 1. The highest BCUT2D eigenvalue weighted by molar-refractivity contribution is 6.05. The fraction of sp³-hybridized carbons (Fsp3) is 0.464. The van der Waals surface area contributed by atoms with E-state index in [0.29, 0.717) is 12.0 Å². The average Bonchev–Trinajstić information content (AvgIpc) is 2.84. The topological polar surface area (TPSA) is 100 Å². The molecule has 2 atom stereocenters. The summed E-state index contributed by atoms with van der Waals surface area (Å²) >= 11 is 0. The molecule has 0 unspecified atom stereocenters. The van der Waals surface area contributed by atoms with Gasteiger partial charge in [-0.15, -0.1) is 0 Å². The largest absolute Gasteiger partial charge is 0.497 e. The van der Waals surface area contributed by atoms with Crippen LogP contribution in [0.3, 0.4) is 0 Å². The fourth-order valence-corrected chi connectivity index (χ4v) is 4.53. The average molecular weight is 496 g/mol. The lowest BCUT2D eigenvalue weighted by Gasteiger charge is -2.44. The molecule has 0 spiro atoms. The number of amidine groups is 1. The maximum atomic E-state index is 13.6. The van der Waals surface area contributed by atoms with E-state index in [1.54, 1.807) is 19.2 Å². The normalized spacial score (nSPS) is 17.8. The second-order valence-corrected chi connectivity index (χ2v) is 10.1. The molecule has 1 heterocycles. The van der Waals surface area contributed by atoms with E-state index < -0.39 is 5.60 Å². The molecule has 0 saturated heterocycles. The number of amides is 2.